The van der Waals surface area contributed by atoms with E-state index in [0.29, 0.717) is 28.3 Å². The summed E-state index contributed by atoms with van der Waals surface area (Å²) in [5.74, 6) is 0.0388. The molecule has 5 aromatic rings. The molecule has 0 aliphatic heterocycles. The Morgan fingerprint density at radius 1 is 0.733 bits per heavy atom. The van der Waals surface area contributed by atoms with Gasteiger partial charge in [0, 0.05) is 32.8 Å². The van der Waals surface area contributed by atoms with Crippen LogP contribution in [0.1, 0.15) is 15.9 Å². The van der Waals surface area contributed by atoms with Crippen LogP contribution in [-0.2, 0) is 9.59 Å². The maximum Gasteiger partial charge on any atom is 0.272 e. The number of methoxy groups -OCH3 is 2. The highest BCUT2D eigenvalue weighted by molar-refractivity contribution is 8.00. The van der Waals surface area contributed by atoms with Gasteiger partial charge in [0.05, 0.1) is 20.0 Å². The minimum Gasteiger partial charge on any atom is -0.493 e. The van der Waals surface area contributed by atoms with Gasteiger partial charge < -0.3 is 25.4 Å². The van der Waals surface area contributed by atoms with E-state index in [9.17, 15) is 14.4 Å². The average Bonchev–Trinajstić information content (AvgIpc) is 3.08. The van der Waals surface area contributed by atoms with Crippen LogP contribution in [0.5, 0.6) is 11.5 Å². The first-order chi connectivity index (χ1) is 21.9. The van der Waals surface area contributed by atoms with E-state index in [1.807, 2.05) is 54.6 Å². The summed E-state index contributed by atoms with van der Waals surface area (Å²) in [4.78, 5) is 40.0. The molecule has 5 aromatic carbocycles. The Bertz CT molecular complexity index is 1850. The molecule has 0 fully saturated rings. The molecule has 45 heavy (non-hydrogen) atoms. The Labute approximate surface area is 265 Å². The Morgan fingerprint density at radius 2 is 1.44 bits per heavy atom. The lowest BCUT2D eigenvalue weighted by Crippen LogP contribution is -2.30. The number of anilines is 2. The largest absolute Gasteiger partial charge is 0.493 e. The minimum atomic E-state index is -0.529. The fourth-order valence-electron chi connectivity index (χ4n) is 4.63. The second-order valence-electron chi connectivity index (χ2n) is 9.80. The zero-order valence-electron chi connectivity index (χ0n) is 24.7. The molecule has 3 N–H and O–H groups in total. The lowest BCUT2D eigenvalue weighted by molar-refractivity contribution is -0.114. The van der Waals surface area contributed by atoms with E-state index in [1.165, 1.54) is 32.1 Å². The molecule has 0 aliphatic rings. The van der Waals surface area contributed by atoms with Crippen LogP contribution in [0.15, 0.2) is 126 Å². The predicted molar refractivity (Wildman–Crippen MR) is 180 cm³/mol. The van der Waals surface area contributed by atoms with Crippen LogP contribution < -0.4 is 25.4 Å². The number of hydrogen-bond acceptors (Lipinski definition) is 6. The normalized spacial score (nSPS) is 11.0. The number of fused-ring (bicyclic) bond motifs is 1. The van der Waals surface area contributed by atoms with Crippen molar-refractivity contribution in [3.63, 3.8) is 0 Å². The third kappa shape index (κ3) is 7.90. The summed E-state index contributed by atoms with van der Waals surface area (Å²) in [6.45, 7) is 0. The summed E-state index contributed by atoms with van der Waals surface area (Å²) >= 11 is 1.38. The number of hydrogen-bond donors (Lipinski definition) is 3. The first kappa shape index (κ1) is 30.9. The predicted octanol–water partition coefficient (Wildman–Crippen LogP) is 7.00. The number of para-hydroxylation sites is 1. The maximum absolute atomic E-state index is 13.5. The van der Waals surface area contributed by atoms with Gasteiger partial charge >= 0.3 is 0 Å². The number of carbonyl (C=O) groups excluding carboxylic acids is 3. The van der Waals surface area contributed by atoms with Crippen LogP contribution in [0, 0.1) is 0 Å². The molecule has 0 atom stereocenters. The molecule has 0 spiro atoms. The molecule has 0 saturated heterocycles. The van der Waals surface area contributed by atoms with Gasteiger partial charge in [0.25, 0.3) is 11.8 Å². The van der Waals surface area contributed by atoms with Crippen molar-refractivity contribution in [2.75, 3.05) is 30.6 Å². The van der Waals surface area contributed by atoms with E-state index in [0.717, 1.165) is 21.4 Å². The zero-order chi connectivity index (χ0) is 31.6. The fraction of sp³-hybridized carbons (Fsp3) is 0.0833. The van der Waals surface area contributed by atoms with Crippen LogP contribution in [0.2, 0.25) is 0 Å². The summed E-state index contributed by atoms with van der Waals surface area (Å²) in [6, 6.07) is 34.7. The number of nitrogens with one attached hydrogen (secondary N) is 3. The van der Waals surface area contributed by atoms with Crippen molar-refractivity contribution in [3.05, 3.63) is 132 Å². The molecule has 0 unspecified atom stereocenters. The molecule has 8 nitrogen and oxygen atoms in total. The van der Waals surface area contributed by atoms with E-state index in [-0.39, 0.29) is 17.4 Å². The van der Waals surface area contributed by atoms with E-state index < -0.39 is 11.8 Å². The van der Waals surface area contributed by atoms with E-state index in [1.54, 1.807) is 60.7 Å². The number of carbonyl (C=O) groups is 3. The third-order valence-electron chi connectivity index (χ3n) is 6.81. The van der Waals surface area contributed by atoms with Gasteiger partial charge in [-0.25, -0.2) is 0 Å². The quantitative estimate of drug-likeness (QED) is 0.109. The lowest BCUT2D eigenvalue weighted by Gasteiger charge is -2.14. The lowest BCUT2D eigenvalue weighted by atomic mass is 10.1. The van der Waals surface area contributed by atoms with Crippen LogP contribution in [-0.4, -0.2) is 37.7 Å². The van der Waals surface area contributed by atoms with Gasteiger partial charge in [-0.2, -0.15) is 0 Å². The smallest absolute Gasteiger partial charge is 0.272 e. The van der Waals surface area contributed by atoms with Gasteiger partial charge in [0.2, 0.25) is 5.91 Å². The molecule has 226 valence electrons. The number of ether oxygens (including phenoxy) is 2. The van der Waals surface area contributed by atoms with E-state index in [4.69, 9.17) is 9.47 Å². The number of benzene rings is 5. The van der Waals surface area contributed by atoms with E-state index >= 15 is 0 Å². The maximum atomic E-state index is 13.5. The molecule has 0 aliphatic carbocycles. The molecule has 3 amide bonds. The van der Waals surface area contributed by atoms with Gasteiger partial charge in [0.1, 0.15) is 5.70 Å². The number of thioether (sulfide) groups is 1. The first-order valence-corrected chi connectivity index (χ1v) is 15.0. The van der Waals surface area contributed by atoms with Crippen LogP contribution >= 0.6 is 11.8 Å². The third-order valence-corrected chi connectivity index (χ3v) is 7.82. The highest BCUT2D eigenvalue weighted by Gasteiger charge is 2.17. The highest BCUT2D eigenvalue weighted by atomic mass is 32.2. The molecule has 9 heteroatoms. The van der Waals surface area contributed by atoms with Crippen molar-refractivity contribution >= 4 is 57.7 Å². The fourth-order valence-corrected chi connectivity index (χ4v) is 5.32. The van der Waals surface area contributed by atoms with Gasteiger partial charge in [-0.15, -0.1) is 11.8 Å². The molecule has 0 saturated carbocycles. The summed E-state index contributed by atoms with van der Waals surface area (Å²) in [7, 11) is 3.03. The summed E-state index contributed by atoms with van der Waals surface area (Å²) < 4.78 is 10.9. The Balaban J connectivity index is 1.27. The molecular formula is C36H31N3O5S. The van der Waals surface area contributed by atoms with Gasteiger partial charge in [-0.05, 0) is 60.0 Å². The van der Waals surface area contributed by atoms with Crippen LogP contribution in [0.3, 0.4) is 0 Å². The van der Waals surface area contributed by atoms with Crippen LogP contribution in [0.25, 0.3) is 16.8 Å². The van der Waals surface area contributed by atoms with Gasteiger partial charge in [0.15, 0.2) is 11.5 Å². The molecule has 5 rings (SSSR count). The van der Waals surface area contributed by atoms with Crippen molar-refractivity contribution in [3.8, 4) is 11.5 Å². The Morgan fingerprint density at radius 3 is 2.20 bits per heavy atom. The average molecular weight is 618 g/mol. The van der Waals surface area contributed by atoms with Crippen molar-refractivity contribution < 1.29 is 23.9 Å². The van der Waals surface area contributed by atoms with Gasteiger partial charge in [-0.1, -0.05) is 66.7 Å². The summed E-state index contributed by atoms with van der Waals surface area (Å²) in [5.41, 5.74) is 2.25. The zero-order valence-corrected chi connectivity index (χ0v) is 25.5. The van der Waals surface area contributed by atoms with Crippen molar-refractivity contribution in [2.45, 2.75) is 4.90 Å². The second kappa shape index (κ2) is 14.8. The van der Waals surface area contributed by atoms with Crippen molar-refractivity contribution in [1.82, 2.24) is 5.32 Å². The first-order valence-electron chi connectivity index (χ1n) is 14.1. The molecule has 0 radical (unpaired) electrons. The Kier molecular flexibility index (Phi) is 10.1. The summed E-state index contributed by atoms with van der Waals surface area (Å²) in [6.07, 6.45) is 1.54. The molecular weight excluding hydrogens is 586 g/mol. The highest BCUT2D eigenvalue weighted by Crippen LogP contribution is 2.32. The topological polar surface area (TPSA) is 106 Å². The van der Waals surface area contributed by atoms with Crippen molar-refractivity contribution in [2.24, 2.45) is 0 Å². The van der Waals surface area contributed by atoms with Gasteiger partial charge in [-0.3, -0.25) is 14.4 Å². The monoisotopic (exact) mass is 617 g/mol. The summed E-state index contributed by atoms with van der Waals surface area (Å²) in [5, 5.41) is 10.6. The second-order valence-corrected chi connectivity index (χ2v) is 10.9. The standard InChI is InChI=1S/C36H31N3O5S/c1-43-32-17-9-14-26(34(32)44-2)22-31(39-35(41)25-11-4-3-5-12-25)36(42)37-27-18-20-28(21-19-27)45-23-33(40)38-30-16-8-13-24-10-6-7-15-29(24)30/h3-22H,23H2,1-2H3,(H,37,42)(H,38,40)(H,39,41)/b31-22-. The van der Waals surface area contributed by atoms with Crippen LogP contribution in [0.4, 0.5) is 11.4 Å². The van der Waals surface area contributed by atoms with Crippen molar-refractivity contribution in [1.29, 1.82) is 0 Å². The minimum absolute atomic E-state index is 0.0129. The number of rotatable bonds is 11. The molecule has 0 heterocycles. The molecule has 0 bridgehead atoms. The number of amides is 3. The SMILES string of the molecule is COc1cccc(/C=C(\NC(=O)c2ccccc2)C(=O)Nc2ccc(SCC(=O)Nc3cccc4ccccc34)cc2)c1OC. The Hall–Kier alpha value is -5.54. The molecule has 0 aromatic heterocycles. The van der Waals surface area contributed by atoms with E-state index in [2.05, 4.69) is 16.0 Å².